The molecule has 1 rings (SSSR count). The lowest BCUT2D eigenvalue weighted by molar-refractivity contribution is -0.228. The zero-order chi connectivity index (χ0) is 11.3. The predicted octanol–water partition coefficient (Wildman–Crippen LogP) is -0.0190. The number of benzene rings is 1. The summed E-state index contributed by atoms with van der Waals surface area (Å²) in [7, 11) is 1.12. The van der Waals surface area contributed by atoms with Gasteiger partial charge < -0.3 is 14.6 Å². The van der Waals surface area contributed by atoms with Crippen molar-refractivity contribution in [2.45, 2.75) is 12.5 Å². The van der Waals surface area contributed by atoms with E-state index in [1.807, 2.05) is 18.2 Å². The summed E-state index contributed by atoms with van der Waals surface area (Å²) in [4.78, 5) is 10.9. The molecule has 0 amide bonds. The summed E-state index contributed by atoms with van der Waals surface area (Å²) in [5.74, 6) is -3.43. The summed E-state index contributed by atoms with van der Waals surface area (Å²) in [5, 5.41) is 9.33. The highest BCUT2D eigenvalue weighted by Crippen LogP contribution is 2.07. The molecule has 0 bridgehead atoms. The fraction of sp³-hybridized carbons (Fsp3) is 0.300. The molecular formula is C10H13NO4. The number of rotatable bonds is 4. The predicted molar refractivity (Wildman–Crippen MR) is 52.4 cm³/mol. The van der Waals surface area contributed by atoms with Gasteiger partial charge in [-0.2, -0.15) is 0 Å². The van der Waals surface area contributed by atoms with Gasteiger partial charge in [0.25, 0.3) is 0 Å². The minimum absolute atomic E-state index is 0.0307. The van der Waals surface area contributed by atoms with Gasteiger partial charge in [-0.3, -0.25) is 5.73 Å². The molecule has 0 spiro atoms. The Morgan fingerprint density at radius 3 is 2.60 bits per heavy atom. The number of aliphatic hydroxyl groups is 1. The van der Waals surface area contributed by atoms with Crippen LogP contribution in [-0.4, -0.2) is 24.1 Å². The summed E-state index contributed by atoms with van der Waals surface area (Å²) in [6.07, 6.45) is 0. The van der Waals surface area contributed by atoms with E-state index in [4.69, 9.17) is 10.5 Å². The monoisotopic (exact) mass is 211 g/mol. The minimum atomic E-state index is -2.40. The molecule has 0 heterocycles. The van der Waals surface area contributed by atoms with Crippen molar-refractivity contribution < 1.29 is 19.4 Å². The van der Waals surface area contributed by atoms with E-state index in [-0.39, 0.29) is 6.61 Å². The first-order valence-corrected chi connectivity index (χ1v) is 4.34. The normalized spacial score (nSPS) is 14.3. The number of esters is 1. The lowest BCUT2D eigenvalue weighted by Crippen LogP contribution is -2.50. The molecule has 1 unspecified atom stereocenters. The van der Waals surface area contributed by atoms with E-state index >= 15 is 0 Å². The van der Waals surface area contributed by atoms with E-state index in [0.717, 1.165) is 12.7 Å². The van der Waals surface area contributed by atoms with Gasteiger partial charge >= 0.3 is 11.9 Å². The first-order chi connectivity index (χ1) is 7.06. The van der Waals surface area contributed by atoms with Gasteiger partial charge in [0.2, 0.25) is 0 Å². The fourth-order valence-electron chi connectivity index (χ4n) is 0.973. The number of carbonyl (C=O) groups is 1. The van der Waals surface area contributed by atoms with Crippen LogP contribution in [0.5, 0.6) is 0 Å². The maximum atomic E-state index is 10.9. The molecule has 0 saturated heterocycles. The Hall–Kier alpha value is -1.43. The van der Waals surface area contributed by atoms with Crippen molar-refractivity contribution in [2.75, 3.05) is 7.11 Å². The molecule has 82 valence electrons. The maximum absolute atomic E-state index is 10.9. The van der Waals surface area contributed by atoms with Crippen LogP contribution in [-0.2, 0) is 20.9 Å². The Morgan fingerprint density at radius 1 is 1.47 bits per heavy atom. The van der Waals surface area contributed by atoms with Crippen molar-refractivity contribution >= 4 is 5.97 Å². The van der Waals surface area contributed by atoms with E-state index in [0.29, 0.717) is 0 Å². The van der Waals surface area contributed by atoms with Crippen LogP contribution in [0, 0.1) is 0 Å². The van der Waals surface area contributed by atoms with Crippen LogP contribution in [0.4, 0.5) is 0 Å². The summed E-state index contributed by atoms with van der Waals surface area (Å²) in [6.45, 7) is 0.0307. The van der Waals surface area contributed by atoms with Crippen LogP contribution in [0.25, 0.3) is 0 Å². The first-order valence-electron chi connectivity index (χ1n) is 4.34. The maximum Gasteiger partial charge on any atom is 0.383 e. The molecule has 0 aliphatic rings. The van der Waals surface area contributed by atoms with Crippen LogP contribution >= 0.6 is 0 Å². The average Bonchev–Trinajstić information content (AvgIpc) is 2.27. The van der Waals surface area contributed by atoms with Gasteiger partial charge in [-0.25, -0.2) is 4.79 Å². The second-order valence-corrected chi connectivity index (χ2v) is 2.96. The second kappa shape index (κ2) is 4.88. The number of methoxy groups -OCH3 is 1. The molecule has 3 N–H and O–H groups in total. The number of nitrogens with two attached hydrogens (primary N) is 1. The zero-order valence-corrected chi connectivity index (χ0v) is 8.34. The van der Waals surface area contributed by atoms with Gasteiger partial charge in [0.15, 0.2) is 0 Å². The third-order valence-corrected chi connectivity index (χ3v) is 1.78. The number of hydrogen-bond acceptors (Lipinski definition) is 5. The van der Waals surface area contributed by atoms with Crippen molar-refractivity contribution in [1.29, 1.82) is 0 Å². The minimum Gasteiger partial charge on any atom is -0.464 e. The van der Waals surface area contributed by atoms with Crippen LogP contribution < -0.4 is 5.73 Å². The third kappa shape index (κ3) is 3.32. The van der Waals surface area contributed by atoms with Crippen molar-refractivity contribution in [3.8, 4) is 0 Å². The van der Waals surface area contributed by atoms with Crippen molar-refractivity contribution in [3.05, 3.63) is 35.9 Å². The third-order valence-electron chi connectivity index (χ3n) is 1.78. The van der Waals surface area contributed by atoms with Gasteiger partial charge in [-0.1, -0.05) is 30.3 Å². The number of hydrogen-bond donors (Lipinski definition) is 2. The van der Waals surface area contributed by atoms with Gasteiger partial charge in [0.05, 0.1) is 13.7 Å². The number of ether oxygens (including phenoxy) is 2. The lowest BCUT2D eigenvalue weighted by atomic mass is 10.2. The summed E-state index contributed by atoms with van der Waals surface area (Å²) in [6, 6.07) is 9.04. The molecule has 0 fully saturated rings. The van der Waals surface area contributed by atoms with E-state index in [1.54, 1.807) is 12.1 Å². The fourth-order valence-corrected chi connectivity index (χ4v) is 0.973. The van der Waals surface area contributed by atoms with Crippen molar-refractivity contribution in [1.82, 2.24) is 0 Å². The largest absolute Gasteiger partial charge is 0.464 e. The quantitative estimate of drug-likeness (QED) is 0.540. The topological polar surface area (TPSA) is 81.8 Å². The zero-order valence-electron chi connectivity index (χ0n) is 8.34. The molecule has 15 heavy (non-hydrogen) atoms. The Kier molecular flexibility index (Phi) is 3.79. The standard InChI is InChI=1S/C10H13NO4/c1-14-9(12)10(11,13)15-7-8-5-3-2-4-6-8/h2-6,13H,7,11H2,1H3. The average molecular weight is 211 g/mol. The van der Waals surface area contributed by atoms with Crippen molar-refractivity contribution in [3.63, 3.8) is 0 Å². The van der Waals surface area contributed by atoms with Gasteiger partial charge in [-0.05, 0) is 5.56 Å². The van der Waals surface area contributed by atoms with Crippen LogP contribution in [0.1, 0.15) is 5.56 Å². The van der Waals surface area contributed by atoms with Crippen LogP contribution in [0.2, 0.25) is 0 Å². The van der Waals surface area contributed by atoms with Crippen LogP contribution in [0.3, 0.4) is 0 Å². The summed E-state index contributed by atoms with van der Waals surface area (Å²) >= 11 is 0. The molecule has 1 aromatic carbocycles. The highest BCUT2D eigenvalue weighted by atomic mass is 16.7. The molecule has 0 radical (unpaired) electrons. The molecule has 0 saturated carbocycles. The molecule has 5 heteroatoms. The molecule has 0 aliphatic carbocycles. The summed E-state index contributed by atoms with van der Waals surface area (Å²) in [5.41, 5.74) is 5.97. The molecule has 1 aromatic rings. The molecule has 1 atom stereocenters. The molecule has 0 aromatic heterocycles. The van der Waals surface area contributed by atoms with Gasteiger partial charge in [0.1, 0.15) is 0 Å². The van der Waals surface area contributed by atoms with Crippen molar-refractivity contribution in [2.24, 2.45) is 5.73 Å². The highest BCUT2D eigenvalue weighted by Gasteiger charge is 2.33. The Labute approximate surface area is 87.4 Å². The Balaban J connectivity index is 2.53. The van der Waals surface area contributed by atoms with E-state index < -0.39 is 11.9 Å². The highest BCUT2D eigenvalue weighted by molar-refractivity contribution is 5.76. The summed E-state index contributed by atoms with van der Waals surface area (Å²) < 4.78 is 9.09. The van der Waals surface area contributed by atoms with E-state index in [1.165, 1.54) is 0 Å². The van der Waals surface area contributed by atoms with E-state index in [9.17, 15) is 9.90 Å². The lowest BCUT2D eigenvalue weighted by Gasteiger charge is -2.19. The Bertz CT molecular complexity index is 323. The Morgan fingerprint density at radius 2 is 2.07 bits per heavy atom. The van der Waals surface area contributed by atoms with Gasteiger partial charge in [0, 0.05) is 0 Å². The van der Waals surface area contributed by atoms with Crippen LogP contribution in [0.15, 0.2) is 30.3 Å². The molecular weight excluding hydrogens is 198 g/mol. The number of carbonyl (C=O) groups excluding carboxylic acids is 1. The first kappa shape index (κ1) is 11.6. The van der Waals surface area contributed by atoms with Gasteiger partial charge in [-0.15, -0.1) is 0 Å². The SMILES string of the molecule is COC(=O)C(N)(O)OCc1ccccc1. The van der Waals surface area contributed by atoms with E-state index in [2.05, 4.69) is 4.74 Å². The smallest absolute Gasteiger partial charge is 0.383 e. The second-order valence-electron chi connectivity index (χ2n) is 2.96. The molecule has 0 aliphatic heterocycles. The molecule has 5 nitrogen and oxygen atoms in total.